The first-order chi connectivity index (χ1) is 11.8. The summed E-state index contributed by atoms with van der Waals surface area (Å²) in [6, 6.07) is 6.04. The number of morpholine rings is 1. The number of piperidine rings is 1. The largest absolute Gasteiger partial charge is 0.378 e. The number of nitrogens with zero attached hydrogens (tertiary/aromatic N) is 4. The standard InChI is InChI=1S/C17H23N5O2/c23-16(10-14-12-24-9-6-18-14)21-7-3-4-13(11-21)17-20-19-15-5-1-2-8-22(15)17/h1-2,5,8,13-14,18H,3-4,6-7,9-12H2. The number of carbonyl (C=O) groups excluding carboxylic acids is 1. The van der Waals surface area contributed by atoms with Gasteiger partial charge in [0, 0.05) is 44.2 Å². The number of likely N-dealkylation sites (tertiary alicyclic amines) is 1. The molecule has 2 unspecified atom stereocenters. The van der Waals surface area contributed by atoms with Crippen molar-refractivity contribution in [3.63, 3.8) is 0 Å². The van der Waals surface area contributed by atoms with Crippen molar-refractivity contribution in [1.29, 1.82) is 0 Å². The molecule has 0 radical (unpaired) electrons. The Balaban J connectivity index is 1.44. The highest BCUT2D eigenvalue weighted by Crippen LogP contribution is 2.26. The molecule has 7 heteroatoms. The van der Waals surface area contributed by atoms with E-state index in [0.29, 0.717) is 13.0 Å². The summed E-state index contributed by atoms with van der Waals surface area (Å²) < 4.78 is 7.48. The number of aromatic nitrogens is 3. The van der Waals surface area contributed by atoms with Crippen LogP contribution in [0.3, 0.4) is 0 Å². The maximum Gasteiger partial charge on any atom is 0.224 e. The molecule has 24 heavy (non-hydrogen) atoms. The molecule has 2 saturated heterocycles. The maximum absolute atomic E-state index is 12.6. The smallest absolute Gasteiger partial charge is 0.224 e. The normalized spacial score (nSPS) is 25.1. The van der Waals surface area contributed by atoms with E-state index in [1.807, 2.05) is 33.7 Å². The number of amides is 1. The van der Waals surface area contributed by atoms with Crippen LogP contribution in [-0.4, -0.2) is 64.3 Å². The third-order valence-electron chi connectivity index (χ3n) is 4.90. The van der Waals surface area contributed by atoms with Crippen LogP contribution in [0.2, 0.25) is 0 Å². The van der Waals surface area contributed by atoms with Gasteiger partial charge in [-0.05, 0) is 25.0 Å². The van der Waals surface area contributed by atoms with E-state index < -0.39 is 0 Å². The minimum absolute atomic E-state index is 0.139. The zero-order chi connectivity index (χ0) is 16.4. The molecule has 0 saturated carbocycles. The number of hydrogen-bond acceptors (Lipinski definition) is 5. The fraction of sp³-hybridized carbons (Fsp3) is 0.588. The Labute approximate surface area is 141 Å². The second-order valence-electron chi connectivity index (χ2n) is 6.60. The van der Waals surface area contributed by atoms with Crippen LogP contribution in [0.25, 0.3) is 5.65 Å². The summed E-state index contributed by atoms with van der Waals surface area (Å²) in [6.45, 7) is 3.74. The van der Waals surface area contributed by atoms with E-state index in [9.17, 15) is 4.79 Å². The number of hydrogen-bond donors (Lipinski definition) is 1. The minimum atomic E-state index is 0.139. The molecule has 0 bridgehead atoms. The number of nitrogens with one attached hydrogen (secondary N) is 1. The number of ether oxygens (including phenoxy) is 1. The molecule has 2 atom stereocenters. The SMILES string of the molecule is O=C(CC1COCCN1)N1CCCC(c2nnc3ccccn23)C1. The molecule has 4 rings (SSSR count). The van der Waals surface area contributed by atoms with Gasteiger partial charge in [-0.1, -0.05) is 6.07 Å². The minimum Gasteiger partial charge on any atom is -0.378 e. The van der Waals surface area contributed by atoms with Gasteiger partial charge >= 0.3 is 0 Å². The van der Waals surface area contributed by atoms with Crippen LogP contribution in [0.15, 0.2) is 24.4 Å². The summed E-state index contributed by atoms with van der Waals surface area (Å²) in [5.41, 5.74) is 0.861. The summed E-state index contributed by atoms with van der Waals surface area (Å²) in [6.07, 6.45) is 4.55. The number of fused-ring (bicyclic) bond motifs is 1. The molecule has 128 valence electrons. The van der Waals surface area contributed by atoms with Gasteiger partial charge in [-0.25, -0.2) is 0 Å². The summed E-state index contributed by atoms with van der Waals surface area (Å²) in [4.78, 5) is 14.6. The molecule has 2 aromatic heterocycles. The second kappa shape index (κ2) is 6.86. The lowest BCUT2D eigenvalue weighted by molar-refractivity contribution is -0.133. The summed E-state index contributed by atoms with van der Waals surface area (Å²) in [5.74, 6) is 1.41. The first-order valence-electron chi connectivity index (χ1n) is 8.70. The van der Waals surface area contributed by atoms with Gasteiger partial charge in [0.2, 0.25) is 5.91 Å². The quantitative estimate of drug-likeness (QED) is 0.902. The van der Waals surface area contributed by atoms with Gasteiger partial charge in [0.1, 0.15) is 5.82 Å². The van der Waals surface area contributed by atoms with Gasteiger partial charge in [0.05, 0.1) is 13.2 Å². The number of pyridine rings is 1. The van der Waals surface area contributed by atoms with Crippen molar-refractivity contribution in [3.8, 4) is 0 Å². The van der Waals surface area contributed by atoms with Crippen molar-refractivity contribution in [2.24, 2.45) is 0 Å². The fourth-order valence-corrected chi connectivity index (χ4v) is 3.64. The average Bonchev–Trinajstić information content (AvgIpc) is 3.07. The van der Waals surface area contributed by atoms with Crippen LogP contribution in [0.4, 0.5) is 0 Å². The molecule has 2 fully saturated rings. The molecule has 1 amide bonds. The van der Waals surface area contributed by atoms with Gasteiger partial charge in [-0.15, -0.1) is 10.2 Å². The highest BCUT2D eigenvalue weighted by Gasteiger charge is 2.29. The van der Waals surface area contributed by atoms with Gasteiger partial charge in [0.15, 0.2) is 5.65 Å². The van der Waals surface area contributed by atoms with Crippen molar-refractivity contribution in [2.75, 3.05) is 32.8 Å². The van der Waals surface area contributed by atoms with E-state index in [2.05, 4.69) is 15.5 Å². The lowest BCUT2D eigenvalue weighted by atomic mass is 9.96. The van der Waals surface area contributed by atoms with Crippen LogP contribution in [0.1, 0.15) is 31.0 Å². The Bertz CT molecular complexity index is 710. The summed E-state index contributed by atoms with van der Waals surface area (Å²) >= 11 is 0. The highest BCUT2D eigenvalue weighted by atomic mass is 16.5. The highest BCUT2D eigenvalue weighted by molar-refractivity contribution is 5.77. The van der Waals surface area contributed by atoms with Gasteiger partial charge in [-0.3, -0.25) is 9.20 Å². The Morgan fingerprint density at radius 2 is 2.33 bits per heavy atom. The van der Waals surface area contributed by atoms with E-state index >= 15 is 0 Å². The van der Waals surface area contributed by atoms with Crippen molar-refractivity contribution in [3.05, 3.63) is 30.2 Å². The molecular weight excluding hydrogens is 306 g/mol. The van der Waals surface area contributed by atoms with E-state index in [0.717, 1.165) is 50.6 Å². The van der Waals surface area contributed by atoms with Gasteiger partial charge in [-0.2, -0.15) is 0 Å². The predicted octanol–water partition coefficient (Wildman–Crippen LogP) is 0.814. The number of rotatable bonds is 3. The second-order valence-corrected chi connectivity index (χ2v) is 6.60. The van der Waals surface area contributed by atoms with Crippen molar-refractivity contribution in [1.82, 2.24) is 24.8 Å². The molecule has 0 spiro atoms. The van der Waals surface area contributed by atoms with E-state index in [-0.39, 0.29) is 17.9 Å². The van der Waals surface area contributed by atoms with Crippen LogP contribution in [0.5, 0.6) is 0 Å². The third-order valence-corrected chi connectivity index (χ3v) is 4.90. The summed E-state index contributed by atoms with van der Waals surface area (Å²) in [7, 11) is 0. The Kier molecular flexibility index (Phi) is 4.44. The third kappa shape index (κ3) is 3.14. The van der Waals surface area contributed by atoms with E-state index in [4.69, 9.17) is 4.74 Å². The molecule has 0 aliphatic carbocycles. The van der Waals surface area contributed by atoms with Crippen molar-refractivity contribution < 1.29 is 9.53 Å². The van der Waals surface area contributed by atoms with E-state index in [1.165, 1.54) is 0 Å². The summed E-state index contributed by atoms with van der Waals surface area (Å²) in [5, 5.41) is 12.0. The van der Waals surface area contributed by atoms with Gasteiger partial charge in [0.25, 0.3) is 0 Å². The Morgan fingerprint density at radius 3 is 3.21 bits per heavy atom. The molecule has 2 aliphatic heterocycles. The fourth-order valence-electron chi connectivity index (χ4n) is 3.64. The van der Waals surface area contributed by atoms with E-state index in [1.54, 1.807) is 0 Å². The first-order valence-corrected chi connectivity index (χ1v) is 8.70. The van der Waals surface area contributed by atoms with Crippen molar-refractivity contribution >= 4 is 11.6 Å². The molecule has 1 N–H and O–H groups in total. The Morgan fingerprint density at radius 1 is 1.38 bits per heavy atom. The number of carbonyl (C=O) groups is 1. The van der Waals surface area contributed by atoms with Crippen LogP contribution in [-0.2, 0) is 9.53 Å². The molecule has 0 aromatic carbocycles. The monoisotopic (exact) mass is 329 g/mol. The molecule has 4 heterocycles. The molecule has 7 nitrogen and oxygen atoms in total. The lowest BCUT2D eigenvalue weighted by Crippen LogP contribution is -2.47. The van der Waals surface area contributed by atoms with Crippen LogP contribution >= 0.6 is 0 Å². The zero-order valence-corrected chi connectivity index (χ0v) is 13.7. The first kappa shape index (κ1) is 15.5. The molecular formula is C17H23N5O2. The zero-order valence-electron chi connectivity index (χ0n) is 13.7. The lowest BCUT2D eigenvalue weighted by Gasteiger charge is -2.33. The predicted molar refractivity (Wildman–Crippen MR) is 88.8 cm³/mol. The van der Waals surface area contributed by atoms with Crippen LogP contribution < -0.4 is 5.32 Å². The maximum atomic E-state index is 12.6. The van der Waals surface area contributed by atoms with Crippen LogP contribution in [0, 0.1) is 0 Å². The average molecular weight is 329 g/mol. The van der Waals surface area contributed by atoms with Crippen molar-refractivity contribution in [2.45, 2.75) is 31.2 Å². The molecule has 2 aromatic rings. The van der Waals surface area contributed by atoms with Gasteiger partial charge < -0.3 is 15.0 Å². The topological polar surface area (TPSA) is 71.8 Å². The Hall–Kier alpha value is -1.99. The molecule has 2 aliphatic rings.